The van der Waals surface area contributed by atoms with Gasteiger partial charge in [-0.1, -0.05) is 0 Å². The maximum atomic E-state index is 13.2. The van der Waals surface area contributed by atoms with E-state index in [0.717, 1.165) is 17.0 Å². The molecule has 0 aliphatic carbocycles. The number of nitrogens with zero attached hydrogens (tertiary/aromatic N) is 2. The number of benzene rings is 1. The fourth-order valence-electron chi connectivity index (χ4n) is 2.86. The van der Waals surface area contributed by atoms with E-state index in [1.807, 2.05) is 0 Å². The Kier molecular flexibility index (Phi) is 3.97. The second-order valence-corrected chi connectivity index (χ2v) is 5.47. The standard InChI is InChI=1S/C15H14F2N2O4/c16-11-2-1-9(7-12(11)17)14(21)18-5-3-10(4-6-18)19-13(20)8-23-15(19)22/h1-2,7,10H,3-6,8H2. The lowest BCUT2D eigenvalue weighted by Gasteiger charge is -2.34. The summed E-state index contributed by atoms with van der Waals surface area (Å²) >= 11 is 0. The summed E-state index contributed by atoms with van der Waals surface area (Å²) in [6.07, 6.45) is 0.201. The largest absolute Gasteiger partial charge is 0.439 e. The molecule has 0 aromatic heterocycles. The molecule has 3 rings (SSSR count). The minimum absolute atomic E-state index is 0.0685. The van der Waals surface area contributed by atoms with Gasteiger partial charge >= 0.3 is 6.09 Å². The number of ether oxygens (including phenoxy) is 1. The quantitative estimate of drug-likeness (QED) is 0.828. The van der Waals surface area contributed by atoms with Gasteiger partial charge in [0, 0.05) is 24.7 Å². The molecule has 2 fully saturated rings. The van der Waals surface area contributed by atoms with Crippen molar-refractivity contribution in [2.75, 3.05) is 19.7 Å². The first kappa shape index (κ1) is 15.4. The molecule has 2 aliphatic rings. The van der Waals surface area contributed by atoms with E-state index in [1.54, 1.807) is 0 Å². The molecule has 2 saturated heterocycles. The molecule has 2 aliphatic heterocycles. The number of carbonyl (C=O) groups excluding carboxylic acids is 3. The average Bonchev–Trinajstić information content (AvgIpc) is 2.88. The van der Waals surface area contributed by atoms with Crippen LogP contribution in [0.4, 0.5) is 13.6 Å². The Hall–Kier alpha value is -2.51. The molecular formula is C15H14F2N2O4. The Labute approximate surface area is 130 Å². The second kappa shape index (κ2) is 5.94. The number of amides is 3. The van der Waals surface area contributed by atoms with Crippen molar-refractivity contribution in [1.29, 1.82) is 0 Å². The summed E-state index contributed by atoms with van der Waals surface area (Å²) in [5.74, 6) is -2.86. The molecule has 0 bridgehead atoms. The number of cyclic esters (lactones) is 1. The van der Waals surface area contributed by atoms with Gasteiger partial charge in [-0.25, -0.2) is 18.5 Å². The molecule has 0 N–H and O–H groups in total. The van der Waals surface area contributed by atoms with E-state index in [-0.39, 0.29) is 24.1 Å². The molecule has 2 heterocycles. The lowest BCUT2D eigenvalue weighted by molar-refractivity contribution is -0.127. The number of hydrogen-bond acceptors (Lipinski definition) is 4. The van der Waals surface area contributed by atoms with Crippen molar-refractivity contribution in [2.45, 2.75) is 18.9 Å². The number of piperidine rings is 1. The van der Waals surface area contributed by atoms with E-state index in [2.05, 4.69) is 4.74 Å². The van der Waals surface area contributed by atoms with Gasteiger partial charge < -0.3 is 9.64 Å². The van der Waals surface area contributed by atoms with Gasteiger partial charge in [-0.3, -0.25) is 9.59 Å². The highest BCUT2D eigenvalue weighted by Crippen LogP contribution is 2.22. The van der Waals surface area contributed by atoms with Gasteiger partial charge in [0.05, 0.1) is 0 Å². The molecule has 0 unspecified atom stereocenters. The van der Waals surface area contributed by atoms with Crippen molar-refractivity contribution in [3.63, 3.8) is 0 Å². The predicted octanol–water partition coefficient (Wildman–Crippen LogP) is 1.55. The Balaban J connectivity index is 1.64. The zero-order chi connectivity index (χ0) is 16.6. The fraction of sp³-hybridized carbons (Fsp3) is 0.400. The second-order valence-electron chi connectivity index (χ2n) is 5.47. The van der Waals surface area contributed by atoms with Crippen molar-refractivity contribution < 1.29 is 27.9 Å². The van der Waals surface area contributed by atoms with E-state index in [9.17, 15) is 23.2 Å². The minimum atomic E-state index is -1.07. The van der Waals surface area contributed by atoms with Crippen molar-refractivity contribution in [1.82, 2.24) is 9.80 Å². The van der Waals surface area contributed by atoms with Gasteiger partial charge in [0.25, 0.3) is 11.8 Å². The third kappa shape index (κ3) is 2.88. The van der Waals surface area contributed by atoms with Crippen molar-refractivity contribution in [3.05, 3.63) is 35.4 Å². The van der Waals surface area contributed by atoms with Crippen LogP contribution in [0.1, 0.15) is 23.2 Å². The third-order valence-corrected chi connectivity index (χ3v) is 4.07. The van der Waals surface area contributed by atoms with Crippen LogP contribution in [0.15, 0.2) is 18.2 Å². The maximum absolute atomic E-state index is 13.2. The van der Waals surface area contributed by atoms with E-state index in [1.165, 1.54) is 11.0 Å². The number of halogens is 2. The molecule has 0 saturated carbocycles. The first-order chi connectivity index (χ1) is 11.0. The first-order valence-electron chi connectivity index (χ1n) is 7.20. The summed E-state index contributed by atoms with van der Waals surface area (Å²) in [5.41, 5.74) is 0.0685. The average molecular weight is 324 g/mol. The number of likely N-dealkylation sites (tertiary alicyclic amines) is 1. The van der Waals surface area contributed by atoms with Crippen LogP contribution < -0.4 is 0 Å². The van der Waals surface area contributed by atoms with Crippen LogP contribution in [0.3, 0.4) is 0 Å². The van der Waals surface area contributed by atoms with Crippen LogP contribution in [0.25, 0.3) is 0 Å². The van der Waals surface area contributed by atoms with Crippen LogP contribution in [0.2, 0.25) is 0 Å². The highest BCUT2D eigenvalue weighted by atomic mass is 19.2. The minimum Gasteiger partial charge on any atom is -0.439 e. The fourth-order valence-corrected chi connectivity index (χ4v) is 2.86. The molecule has 8 heteroatoms. The molecule has 6 nitrogen and oxygen atoms in total. The number of hydrogen-bond donors (Lipinski definition) is 0. The van der Waals surface area contributed by atoms with Crippen LogP contribution in [-0.4, -0.2) is 53.4 Å². The lowest BCUT2D eigenvalue weighted by Crippen LogP contribution is -2.48. The summed E-state index contributed by atoms with van der Waals surface area (Å²) in [4.78, 5) is 38.0. The van der Waals surface area contributed by atoms with Gasteiger partial charge in [0.2, 0.25) is 0 Å². The number of carbonyl (C=O) groups is 3. The van der Waals surface area contributed by atoms with E-state index < -0.39 is 23.6 Å². The van der Waals surface area contributed by atoms with Crippen molar-refractivity contribution in [2.24, 2.45) is 0 Å². The van der Waals surface area contributed by atoms with Crippen molar-refractivity contribution in [3.8, 4) is 0 Å². The SMILES string of the molecule is O=C(c1ccc(F)c(F)c1)N1CCC(N2C(=O)COC2=O)CC1. The molecule has 1 aromatic rings. The monoisotopic (exact) mass is 324 g/mol. The molecule has 0 radical (unpaired) electrons. The molecule has 122 valence electrons. The van der Waals surface area contributed by atoms with Gasteiger partial charge in [-0.05, 0) is 31.0 Å². The Morgan fingerprint density at radius 1 is 1.13 bits per heavy atom. The van der Waals surface area contributed by atoms with Gasteiger partial charge in [-0.2, -0.15) is 0 Å². The van der Waals surface area contributed by atoms with Gasteiger partial charge in [-0.15, -0.1) is 0 Å². The van der Waals surface area contributed by atoms with Crippen LogP contribution >= 0.6 is 0 Å². The Bertz CT molecular complexity index is 655. The Morgan fingerprint density at radius 3 is 2.39 bits per heavy atom. The van der Waals surface area contributed by atoms with E-state index in [4.69, 9.17) is 0 Å². The molecule has 0 spiro atoms. The maximum Gasteiger partial charge on any atom is 0.417 e. The topological polar surface area (TPSA) is 66.9 Å². The highest BCUT2D eigenvalue weighted by Gasteiger charge is 2.39. The van der Waals surface area contributed by atoms with Gasteiger partial charge in [0.1, 0.15) is 0 Å². The summed E-state index contributed by atoms with van der Waals surface area (Å²) in [7, 11) is 0. The smallest absolute Gasteiger partial charge is 0.417 e. The zero-order valence-corrected chi connectivity index (χ0v) is 12.1. The molecular weight excluding hydrogens is 310 g/mol. The Morgan fingerprint density at radius 2 is 1.83 bits per heavy atom. The zero-order valence-electron chi connectivity index (χ0n) is 12.1. The molecule has 3 amide bonds. The number of imide groups is 1. The molecule has 23 heavy (non-hydrogen) atoms. The van der Waals surface area contributed by atoms with E-state index >= 15 is 0 Å². The van der Waals surface area contributed by atoms with Crippen LogP contribution in [0.5, 0.6) is 0 Å². The highest BCUT2D eigenvalue weighted by molar-refractivity contribution is 5.98. The summed E-state index contributed by atoms with van der Waals surface area (Å²) in [6.45, 7) is 0.395. The van der Waals surface area contributed by atoms with Crippen molar-refractivity contribution >= 4 is 17.9 Å². The molecule has 1 aromatic carbocycles. The first-order valence-corrected chi connectivity index (χ1v) is 7.20. The molecule has 0 atom stereocenters. The summed E-state index contributed by atoms with van der Waals surface area (Å²) in [6, 6.07) is 2.71. The number of rotatable bonds is 2. The third-order valence-electron chi connectivity index (χ3n) is 4.07. The lowest BCUT2D eigenvalue weighted by atomic mass is 10.0. The summed E-state index contributed by atoms with van der Waals surface area (Å²) < 4.78 is 30.8. The van der Waals surface area contributed by atoms with Crippen LogP contribution in [-0.2, 0) is 9.53 Å². The predicted molar refractivity (Wildman–Crippen MR) is 73.5 cm³/mol. The van der Waals surface area contributed by atoms with Crippen LogP contribution in [0, 0.1) is 11.6 Å². The summed E-state index contributed by atoms with van der Waals surface area (Å²) in [5, 5.41) is 0. The van der Waals surface area contributed by atoms with E-state index in [0.29, 0.717) is 25.9 Å². The normalized spacial score (nSPS) is 19.2. The van der Waals surface area contributed by atoms with Gasteiger partial charge in [0.15, 0.2) is 18.2 Å².